The van der Waals surface area contributed by atoms with Gasteiger partial charge in [0.2, 0.25) is 0 Å². The van der Waals surface area contributed by atoms with Crippen LogP contribution in [0.1, 0.15) is 24.1 Å². The fourth-order valence-corrected chi connectivity index (χ4v) is 3.52. The van der Waals surface area contributed by atoms with Gasteiger partial charge in [-0.3, -0.25) is 9.59 Å². The van der Waals surface area contributed by atoms with Gasteiger partial charge in [0.25, 0.3) is 11.7 Å². The van der Waals surface area contributed by atoms with Gasteiger partial charge in [-0.25, -0.2) is 0 Å². The third-order valence-corrected chi connectivity index (χ3v) is 4.93. The number of amides is 1. The zero-order valence-corrected chi connectivity index (χ0v) is 17.3. The van der Waals surface area contributed by atoms with Crippen LogP contribution in [0.25, 0.3) is 5.76 Å². The van der Waals surface area contributed by atoms with Crippen molar-refractivity contribution in [1.29, 1.82) is 0 Å². The van der Waals surface area contributed by atoms with Crippen LogP contribution in [0.5, 0.6) is 11.5 Å². The van der Waals surface area contributed by atoms with Gasteiger partial charge in [-0.2, -0.15) is 0 Å². The van der Waals surface area contributed by atoms with E-state index in [-0.39, 0.29) is 17.1 Å². The third-order valence-electron chi connectivity index (χ3n) is 4.93. The number of phenolic OH excluding ortho intramolecular Hbond substituents is 1. The van der Waals surface area contributed by atoms with Crippen LogP contribution < -0.4 is 4.74 Å². The number of hydrogen-bond donors (Lipinski definition) is 2. The number of aromatic hydroxyl groups is 1. The van der Waals surface area contributed by atoms with Crippen molar-refractivity contribution >= 4 is 17.4 Å². The molecule has 1 fully saturated rings. The van der Waals surface area contributed by atoms with E-state index in [0.29, 0.717) is 36.6 Å². The lowest BCUT2D eigenvalue weighted by Crippen LogP contribution is -2.35. The van der Waals surface area contributed by atoms with Crippen molar-refractivity contribution in [3.63, 3.8) is 0 Å². The van der Waals surface area contributed by atoms with Gasteiger partial charge in [0.1, 0.15) is 17.3 Å². The molecule has 0 aromatic heterocycles. The van der Waals surface area contributed by atoms with E-state index < -0.39 is 17.7 Å². The third kappa shape index (κ3) is 4.31. The van der Waals surface area contributed by atoms with Crippen molar-refractivity contribution in [2.45, 2.75) is 13.0 Å². The number of ketones is 1. The Bertz CT molecular complexity index is 983. The maximum Gasteiger partial charge on any atom is 0.295 e. The van der Waals surface area contributed by atoms with Gasteiger partial charge in [-0.15, -0.1) is 0 Å². The smallest absolute Gasteiger partial charge is 0.295 e. The highest BCUT2D eigenvalue weighted by atomic mass is 16.5. The summed E-state index contributed by atoms with van der Waals surface area (Å²) in [5.41, 5.74) is 0.935. The highest BCUT2D eigenvalue weighted by molar-refractivity contribution is 6.46. The van der Waals surface area contributed by atoms with E-state index >= 15 is 0 Å². The van der Waals surface area contributed by atoms with E-state index in [4.69, 9.17) is 4.74 Å². The number of nitrogens with zero attached hydrogens (tertiary/aromatic N) is 2. The number of likely N-dealkylation sites (N-methyl/N-ethyl adjacent to an activating group) is 1. The molecule has 1 amide bonds. The van der Waals surface area contributed by atoms with Crippen LogP contribution in [0.15, 0.2) is 54.1 Å². The van der Waals surface area contributed by atoms with E-state index in [9.17, 15) is 19.8 Å². The maximum atomic E-state index is 12.9. The van der Waals surface area contributed by atoms with Gasteiger partial charge in [-0.1, -0.05) is 24.3 Å². The molecule has 0 radical (unpaired) electrons. The van der Waals surface area contributed by atoms with Crippen LogP contribution in [-0.4, -0.2) is 65.5 Å². The summed E-state index contributed by atoms with van der Waals surface area (Å²) in [6.45, 7) is 3.16. The summed E-state index contributed by atoms with van der Waals surface area (Å²) in [7, 11) is 3.75. The van der Waals surface area contributed by atoms with Gasteiger partial charge in [0.15, 0.2) is 0 Å². The monoisotopic (exact) mass is 410 g/mol. The van der Waals surface area contributed by atoms with Gasteiger partial charge in [-0.05, 0) is 50.8 Å². The molecule has 0 aliphatic carbocycles. The number of carbonyl (C=O) groups is 2. The molecule has 7 nitrogen and oxygen atoms in total. The molecular weight excluding hydrogens is 384 g/mol. The number of rotatable bonds is 7. The highest BCUT2D eigenvalue weighted by Gasteiger charge is 2.46. The van der Waals surface area contributed by atoms with Gasteiger partial charge < -0.3 is 24.7 Å². The number of benzene rings is 2. The molecular formula is C23H26N2O5. The summed E-state index contributed by atoms with van der Waals surface area (Å²) in [6, 6.07) is 12.3. The molecule has 7 heteroatoms. The van der Waals surface area contributed by atoms with Crippen molar-refractivity contribution < 1.29 is 24.5 Å². The predicted octanol–water partition coefficient (Wildman–Crippen LogP) is 2.77. The molecule has 1 heterocycles. The van der Waals surface area contributed by atoms with Gasteiger partial charge in [0.05, 0.1) is 18.2 Å². The van der Waals surface area contributed by atoms with E-state index in [0.717, 1.165) is 0 Å². The molecule has 0 bridgehead atoms. The first-order valence-corrected chi connectivity index (χ1v) is 9.78. The van der Waals surface area contributed by atoms with Crippen LogP contribution in [-0.2, 0) is 9.59 Å². The number of aliphatic hydroxyl groups is 1. The number of Topliss-reactive ketones (excluding diaryl/α,β-unsaturated/α-hetero) is 1. The second-order valence-electron chi connectivity index (χ2n) is 7.35. The average Bonchev–Trinajstić information content (AvgIpc) is 2.97. The highest BCUT2D eigenvalue weighted by Crippen LogP contribution is 2.40. The van der Waals surface area contributed by atoms with Crippen LogP contribution >= 0.6 is 0 Å². The lowest BCUT2D eigenvalue weighted by Gasteiger charge is -2.26. The summed E-state index contributed by atoms with van der Waals surface area (Å²) in [4.78, 5) is 29.1. The van der Waals surface area contributed by atoms with Crippen molar-refractivity contribution in [3.8, 4) is 11.5 Å². The molecule has 1 atom stereocenters. The number of hydrogen-bond acceptors (Lipinski definition) is 6. The van der Waals surface area contributed by atoms with Crippen molar-refractivity contribution in [1.82, 2.24) is 9.80 Å². The molecule has 0 spiro atoms. The molecule has 1 unspecified atom stereocenters. The summed E-state index contributed by atoms with van der Waals surface area (Å²) in [6.07, 6.45) is 0. The van der Waals surface area contributed by atoms with Crippen LogP contribution in [0.4, 0.5) is 0 Å². The van der Waals surface area contributed by atoms with E-state index in [1.54, 1.807) is 36.4 Å². The SMILES string of the molecule is CCOc1cccc(C(O)=C2C(=O)C(=O)N(CCN(C)C)C2c2cccc(O)c2)c1. The van der Waals surface area contributed by atoms with E-state index in [1.165, 1.54) is 17.0 Å². The molecule has 0 saturated carbocycles. The summed E-state index contributed by atoms with van der Waals surface area (Å²) >= 11 is 0. The van der Waals surface area contributed by atoms with Crippen molar-refractivity contribution in [2.24, 2.45) is 0 Å². The summed E-state index contributed by atoms with van der Waals surface area (Å²) in [5, 5.41) is 21.0. The van der Waals surface area contributed by atoms with Crippen LogP contribution in [0, 0.1) is 0 Å². The fraction of sp³-hybridized carbons (Fsp3) is 0.304. The second kappa shape index (κ2) is 9.00. The zero-order chi connectivity index (χ0) is 21.8. The van der Waals surface area contributed by atoms with E-state index in [2.05, 4.69) is 0 Å². The zero-order valence-electron chi connectivity index (χ0n) is 17.3. The standard InChI is InChI=1S/C23H26N2O5/c1-4-30-18-10-6-8-16(14-18)21(27)19-20(15-7-5-9-17(26)13-15)25(12-11-24(2)3)23(29)22(19)28/h5-10,13-14,20,26-27H,4,11-12H2,1-3H3. The Morgan fingerprint density at radius 2 is 1.87 bits per heavy atom. The minimum atomic E-state index is -0.798. The predicted molar refractivity (Wildman–Crippen MR) is 113 cm³/mol. The molecule has 30 heavy (non-hydrogen) atoms. The second-order valence-corrected chi connectivity index (χ2v) is 7.35. The van der Waals surface area contributed by atoms with Crippen molar-refractivity contribution in [3.05, 3.63) is 65.2 Å². The molecule has 1 saturated heterocycles. The molecule has 2 aromatic carbocycles. The first-order chi connectivity index (χ1) is 14.3. The molecule has 2 N–H and O–H groups in total. The van der Waals surface area contributed by atoms with Crippen LogP contribution in [0.2, 0.25) is 0 Å². The Balaban J connectivity index is 2.14. The lowest BCUT2D eigenvalue weighted by molar-refractivity contribution is -0.140. The first-order valence-electron chi connectivity index (χ1n) is 9.78. The molecule has 1 aliphatic rings. The topological polar surface area (TPSA) is 90.3 Å². The number of aliphatic hydroxyl groups excluding tert-OH is 1. The molecule has 1 aliphatic heterocycles. The fourth-order valence-electron chi connectivity index (χ4n) is 3.52. The lowest BCUT2D eigenvalue weighted by atomic mass is 9.95. The number of phenols is 1. The number of ether oxygens (including phenoxy) is 1. The summed E-state index contributed by atoms with van der Waals surface area (Å²) in [5.74, 6) is -1.12. The van der Waals surface area contributed by atoms with Crippen LogP contribution in [0.3, 0.4) is 0 Å². The van der Waals surface area contributed by atoms with Crippen molar-refractivity contribution in [2.75, 3.05) is 33.8 Å². The molecule has 158 valence electrons. The Morgan fingerprint density at radius 1 is 1.13 bits per heavy atom. The largest absolute Gasteiger partial charge is 0.508 e. The normalized spacial score (nSPS) is 18.3. The minimum Gasteiger partial charge on any atom is -0.508 e. The summed E-state index contributed by atoms with van der Waals surface area (Å²) < 4.78 is 5.49. The quantitative estimate of drug-likeness (QED) is 0.414. The number of carbonyl (C=O) groups excluding carboxylic acids is 2. The van der Waals surface area contributed by atoms with Gasteiger partial charge >= 0.3 is 0 Å². The van der Waals surface area contributed by atoms with Gasteiger partial charge in [0, 0.05) is 18.7 Å². The maximum absolute atomic E-state index is 12.9. The number of likely N-dealkylation sites (tertiary alicyclic amines) is 1. The Hall–Kier alpha value is -3.32. The Kier molecular flexibility index (Phi) is 6.42. The Labute approximate surface area is 175 Å². The van der Waals surface area contributed by atoms with E-state index in [1.807, 2.05) is 25.9 Å². The minimum absolute atomic E-state index is 0.00185. The Morgan fingerprint density at radius 3 is 2.53 bits per heavy atom. The average molecular weight is 410 g/mol. The first kappa shape index (κ1) is 21.4. The molecule has 3 rings (SSSR count). The molecule has 2 aromatic rings.